The lowest BCUT2D eigenvalue weighted by atomic mass is 10.1. The molecule has 1 aromatic rings. The smallest absolute Gasteiger partial charge is 0.305 e. The molecule has 2 N–H and O–H groups in total. The molecule has 102 valence electrons. The van der Waals surface area contributed by atoms with E-state index in [2.05, 4.69) is 21.2 Å². The van der Waals surface area contributed by atoms with Gasteiger partial charge in [-0.1, -0.05) is 6.07 Å². The number of carboxylic acid groups (broad SMARTS) is 1. The molecule has 1 saturated heterocycles. The number of aliphatic carboxylic acids is 1. The van der Waals surface area contributed by atoms with Crippen molar-refractivity contribution in [3.8, 4) is 0 Å². The zero-order chi connectivity index (χ0) is 14.0. The van der Waals surface area contributed by atoms with Gasteiger partial charge in [0.2, 0.25) is 5.91 Å². The van der Waals surface area contributed by atoms with E-state index < -0.39 is 5.97 Å². The van der Waals surface area contributed by atoms with Gasteiger partial charge in [-0.3, -0.25) is 9.59 Å². The molecule has 0 aliphatic carbocycles. The van der Waals surface area contributed by atoms with Gasteiger partial charge in [-0.15, -0.1) is 0 Å². The molecule has 0 saturated carbocycles. The van der Waals surface area contributed by atoms with Crippen molar-refractivity contribution in [1.82, 2.24) is 5.32 Å². The average Bonchev–Trinajstić information content (AvgIpc) is 2.26. The fourth-order valence-corrected chi connectivity index (χ4v) is 2.95. The van der Waals surface area contributed by atoms with Crippen molar-refractivity contribution in [2.75, 3.05) is 18.0 Å². The van der Waals surface area contributed by atoms with Crippen LogP contribution in [0.3, 0.4) is 0 Å². The molecule has 1 atom stereocenters. The Balaban J connectivity index is 2.19. The molecule has 6 heteroatoms. The predicted molar refractivity (Wildman–Crippen MR) is 75.3 cm³/mol. The lowest BCUT2D eigenvalue weighted by Crippen LogP contribution is -2.55. The zero-order valence-electron chi connectivity index (χ0n) is 10.5. The number of carboxylic acids is 1. The number of aryl methyl sites for hydroxylation is 1. The highest BCUT2D eigenvalue weighted by atomic mass is 79.9. The topological polar surface area (TPSA) is 69.6 Å². The van der Waals surface area contributed by atoms with Gasteiger partial charge in [0.05, 0.1) is 24.7 Å². The Morgan fingerprint density at radius 2 is 2.32 bits per heavy atom. The van der Waals surface area contributed by atoms with Gasteiger partial charge >= 0.3 is 5.97 Å². The number of nitrogens with zero attached hydrogens (tertiary/aromatic N) is 1. The third-order valence-corrected chi connectivity index (χ3v) is 3.64. The highest BCUT2D eigenvalue weighted by Crippen LogP contribution is 2.28. The normalized spacial score (nSPS) is 19.2. The Bertz CT molecular complexity index is 517. The lowest BCUT2D eigenvalue weighted by molar-refractivity contribution is -0.137. The van der Waals surface area contributed by atoms with Gasteiger partial charge in [0.15, 0.2) is 0 Å². The minimum absolute atomic E-state index is 0.0638. The molecule has 1 fully saturated rings. The number of hydrogen-bond donors (Lipinski definition) is 2. The number of anilines is 1. The lowest BCUT2D eigenvalue weighted by Gasteiger charge is -2.34. The van der Waals surface area contributed by atoms with Crippen molar-refractivity contribution in [2.24, 2.45) is 0 Å². The van der Waals surface area contributed by atoms with Gasteiger partial charge in [-0.05, 0) is 40.5 Å². The van der Waals surface area contributed by atoms with Crippen molar-refractivity contribution >= 4 is 33.5 Å². The summed E-state index contributed by atoms with van der Waals surface area (Å²) in [6, 6.07) is 5.54. The standard InChI is InChI=1S/C13H15BrN2O3/c1-8-2-3-11(10(14)4-8)16-6-9(5-13(18)19)15-12(17)7-16/h2-4,9H,5-7H2,1H3,(H,15,17)(H,18,19). The Labute approximate surface area is 119 Å². The molecular formula is C13H15BrN2O3. The molecule has 0 radical (unpaired) electrons. The first kappa shape index (κ1) is 13.9. The van der Waals surface area contributed by atoms with Crippen LogP contribution in [0.15, 0.2) is 22.7 Å². The molecule has 19 heavy (non-hydrogen) atoms. The molecule has 1 aliphatic rings. The number of halogens is 1. The van der Waals surface area contributed by atoms with Crippen LogP contribution >= 0.6 is 15.9 Å². The summed E-state index contributed by atoms with van der Waals surface area (Å²) in [4.78, 5) is 24.3. The fraction of sp³-hybridized carbons (Fsp3) is 0.385. The minimum atomic E-state index is -0.907. The molecule has 1 unspecified atom stereocenters. The highest BCUT2D eigenvalue weighted by Gasteiger charge is 2.27. The van der Waals surface area contributed by atoms with Crippen LogP contribution in [0.25, 0.3) is 0 Å². The van der Waals surface area contributed by atoms with Gasteiger partial charge in [0.1, 0.15) is 0 Å². The van der Waals surface area contributed by atoms with Crippen molar-refractivity contribution in [1.29, 1.82) is 0 Å². The van der Waals surface area contributed by atoms with E-state index in [0.717, 1.165) is 15.7 Å². The second-order valence-electron chi connectivity index (χ2n) is 4.70. The molecule has 1 amide bonds. The number of rotatable bonds is 3. The number of piperazine rings is 1. The Kier molecular flexibility index (Phi) is 4.09. The Morgan fingerprint density at radius 3 is 2.95 bits per heavy atom. The maximum Gasteiger partial charge on any atom is 0.305 e. The maximum atomic E-state index is 11.7. The maximum absolute atomic E-state index is 11.7. The Morgan fingerprint density at radius 1 is 1.58 bits per heavy atom. The Hall–Kier alpha value is -1.56. The number of carbonyl (C=O) groups is 2. The molecule has 1 heterocycles. The van der Waals surface area contributed by atoms with E-state index in [-0.39, 0.29) is 24.9 Å². The molecule has 0 spiro atoms. The van der Waals surface area contributed by atoms with E-state index >= 15 is 0 Å². The van der Waals surface area contributed by atoms with E-state index in [1.54, 1.807) is 0 Å². The van der Waals surface area contributed by atoms with E-state index in [9.17, 15) is 9.59 Å². The first-order valence-corrected chi connectivity index (χ1v) is 6.77. The summed E-state index contributed by atoms with van der Waals surface area (Å²) in [7, 11) is 0. The quantitative estimate of drug-likeness (QED) is 0.884. The molecule has 1 aliphatic heterocycles. The number of benzene rings is 1. The number of amides is 1. The molecule has 0 aromatic heterocycles. The first-order chi connectivity index (χ1) is 8.95. The predicted octanol–water partition coefficient (Wildman–Crippen LogP) is 1.54. The SMILES string of the molecule is Cc1ccc(N2CC(=O)NC(CC(=O)O)C2)c(Br)c1. The van der Waals surface area contributed by atoms with E-state index in [1.807, 2.05) is 30.0 Å². The summed E-state index contributed by atoms with van der Waals surface area (Å²) < 4.78 is 0.913. The van der Waals surface area contributed by atoms with Crippen LogP contribution in [0.1, 0.15) is 12.0 Å². The van der Waals surface area contributed by atoms with Crippen LogP contribution in [0.2, 0.25) is 0 Å². The summed E-state index contributed by atoms with van der Waals surface area (Å²) in [6.45, 7) is 2.74. The largest absolute Gasteiger partial charge is 0.481 e. The van der Waals surface area contributed by atoms with Crippen molar-refractivity contribution in [3.63, 3.8) is 0 Å². The molecule has 5 nitrogen and oxygen atoms in total. The molecular weight excluding hydrogens is 312 g/mol. The number of carbonyl (C=O) groups excluding carboxylic acids is 1. The number of nitrogens with one attached hydrogen (secondary N) is 1. The van der Waals surface area contributed by atoms with Crippen molar-refractivity contribution < 1.29 is 14.7 Å². The van der Waals surface area contributed by atoms with Gasteiger partial charge in [0.25, 0.3) is 0 Å². The van der Waals surface area contributed by atoms with Crippen molar-refractivity contribution in [2.45, 2.75) is 19.4 Å². The summed E-state index contributed by atoms with van der Waals surface area (Å²) in [6.07, 6.45) is -0.0638. The van der Waals surface area contributed by atoms with Crippen LogP contribution in [0, 0.1) is 6.92 Å². The second kappa shape index (κ2) is 5.61. The van der Waals surface area contributed by atoms with Crippen LogP contribution in [-0.4, -0.2) is 36.1 Å². The molecule has 1 aromatic carbocycles. The van der Waals surface area contributed by atoms with E-state index in [0.29, 0.717) is 6.54 Å². The zero-order valence-corrected chi connectivity index (χ0v) is 12.1. The van der Waals surface area contributed by atoms with Gasteiger partial charge in [0, 0.05) is 11.0 Å². The fourth-order valence-electron chi connectivity index (χ4n) is 2.20. The summed E-state index contributed by atoms with van der Waals surface area (Å²) in [5.74, 6) is -1.06. The van der Waals surface area contributed by atoms with Gasteiger partial charge in [-0.2, -0.15) is 0 Å². The third kappa shape index (κ3) is 3.47. The molecule has 0 bridgehead atoms. The first-order valence-electron chi connectivity index (χ1n) is 5.98. The second-order valence-corrected chi connectivity index (χ2v) is 5.55. The van der Waals surface area contributed by atoms with Crippen LogP contribution in [0.5, 0.6) is 0 Å². The summed E-state index contributed by atoms with van der Waals surface area (Å²) in [5.41, 5.74) is 2.04. The van der Waals surface area contributed by atoms with Gasteiger partial charge in [-0.25, -0.2) is 0 Å². The van der Waals surface area contributed by atoms with Gasteiger partial charge < -0.3 is 15.3 Å². The van der Waals surface area contributed by atoms with E-state index in [1.165, 1.54) is 0 Å². The number of hydrogen-bond acceptors (Lipinski definition) is 3. The summed E-state index contributed by atoms with van der Waals surface area (Å²) >= 11 is 3.48. The van der Waals surface area contributed by atoms with Crippen LogP contribution in [0.4, 0.5) is 5.69 Å². The third-order valence-electron chi connectivity index (χ3n) is 3.01. The average molecular weight is 327 g/mol. The monoisotopic (exact) mass is 326 g/mol. The van der Waals surface area contributed by atoms with Crippen LogP contribution < -0.4 is 10.2 Å². The van der Waals surface area contributed by atoms with E-state index in [4.69, 9.17) is 5.11 Å². The minimum Gasteiger partial charge on any atom is -0.481 e. The van der Waals surface area contributed by atoms with Crippen molar-refractivity contribution in [3.05, 3.63) is 28.2 Å². The van der Waals surface area contributed by atoms with Crippen LogP contribution in [-0.2, 0) is 9.59 Å². The summed E-state index contributed by atoms with van der Waals surface area (Å²) in [5, 5.41) is 11.5. The molecule has 2 rings (SSSR count). The highest BCUT2D eigenvalue weighted by molar-refractivity contribution is 9.10.